The van der Waals surface area contributed by atoms with Crippen LogP contribution in [0.15, 0.2) is 29.2 Å². The molecular weight excluding hydrogens is 282 g/mol. The van der Waals surface area contributed by atoms with E-state index in [1.807, 2.05) is 6.92 Å². The Kier molecular flexibility index (Phi) is 6.12. The molecule has 0 heterocycles. The largest absolute Gasteiger partial charge is 0.480 e. The highest BCUT2D eigenvalue weighted by atomic mass is 32.2. The number of carboxylic acid groups (broad SMARTS) is 1. The van der Waals surface area contributed by atoms with E-state index in [2.05, 4.69) is 0 Å². The Morgan fingerprint density at radius 2 is 1.90 bits per heavy atom. The van der Waals surface area contributed by atoms with Crippen LogP contribution in [-0.4, -0.2) is 50.6 Å². The molecule has 0 saturated carbocycles. The highest BCUT2D eigenvalue weighted by molar-refractivity contribution is 7.89. The zero-order valence-corrected chi connectivity index (χ0v) is 12.4. The molecule has 0 saturated heterocycles. The molecule has 1 N–H and O–H groups in total. The molecule has 0 fully saturated rings. The van der Waals surface area contributed by atoms with E-state index < -0.39 is 22.5 Å². The Bertz CT molecular complexity index is 538. The molecule has 20 heavy (non-hydrogen) atoms. The van der Waals surface area contributed by atoms with E-state index in [1.54, 1.807) is 12.1 Å². The number of ether oxygens (including phenoxy) is 1. The molecule has 1 aromatic rings. The van der Waals surface area contributed by atoms with Crippen LogP contribution in [0.5, 0.6) is 0 Å². The number of hydrogen-bond donors (Lipinski definition) is 1. The van der Waals surface area contributed by atoms with Crippen LogP contribution in [-0.2, 0) is 26.0 Å². The van der Waals surface area contributed by atoms with E-state index in [1.165, 1.54) is 19.2 Å². The van der Waals surface area contributed by atoms with Crippen molar-refractivity contribution < 1.29 is 23.1 Å². The van der Waals surface area contributed by atoms with E-state index >= 15 is 0 Å². The lowest BCUT2D eigenvalue weighted by Gasteiger charge is -2.20. The lowest BCUT2D eigenvalue weighted by Crippen LogP contribution is -2.37. The number of carboxylic acids is 1. The number of sulfonamides is 1. The summed E-state index contributed by atoms with van der Waals surface area (Å²) >= 11 is 0. The summed E-state index contributed by atoms with van der Waals surface area (Å²) in [6.45, 7) is 1.53. The molecule has 1 aromatic carbocycles. The van der Waals surface area contributed by atoms with E-state index in [4.69, 9.17) is 9.84 Å². The van der Waals surface area contributed by atoms with Crippen molar-refractivity contribution in [3.63, 3.8) is 0 Å². The van der Waals surface area contributed by atoms with Crippen LogP contribution in [0.3, 0.4) is 0 Å². The van der Waals surface area contributed by atoms with Gasteiger partial charge >= 0.3 is 5.97 Å². The normalized spacial score (nSPS) is 11.8. The van der Waals surface area contributed by atoms with Crippen LogP contribution in [0.4, 0.5) is 0 Å². The molecule has 1 rings (SSSR count). The summed E-state index contributed by atoms with van der Waals surface area (Å²) in [6.07, 6.45) is 0.808. The van der Waals surface area contributed by atoms with Crippen LogP contribution in [0.1, 0.15) is 12.5 Å². The number of methoxy groups -OCH3 is 1. The molecule has 7 heteroatoms. The lowest BCUT2D eigenvalue weighted by atomic mass is 10.2. The Labute approximate surface area is 119 Å². The molecule has 0 aliphatic rings. The number of benzene rings is 1. The van der Waals surface area contributed by atoms with Gasteiger partial charge in [0.2, 0.25) is 10.0 Å². The highest BCUT2D eigenvalue weighted by Gasteiger charge is 2.26. The third kappa shape index (κ3) is 4.29. The molecule has 0 aliphatic heterocycles. The first-order valence-corrected chi connectivity index (χ1v) is 7.65. The van der Waals surface area contributed by atoms with Gasteiger partial charge in [0.05, 0.1) is 11.5 Å². The molecule has 0 bridgehead atoms. The summed E-state index contributed by atoms with van der Waals surface area (Å²) < 4.78 is 30.5. The monoisotopic (exact) mass is 301 g/mol. The van der Waals surface area contributed by atoms with Crippen molar-refractivity contribution in [2.45, 2.75) is 18.2 Å². The van der Waals surface area contributed by atoms with Crippen molar-refractivity contribution in [2.24, 2.45) is 0 Å². The number of nitrogens with zero attached hydrogens (tertiary/aromatic N) is 1. The van der Waals surface area contributed by atoms with Crippen molar-refractivity contribution in [2.75, 3.05) is 26.8 Å². The second-order valence-electron chi connectivity index (χ2n) is 4.22. The van der Waals surface area contributed by atoms with Gasteiger partial charge in [0, 0.05) is 13.7 Å². The van der Waals surface area contributed by atoms with Gasteiger partial charge in [-0.15, -0.1) is 0 Å². The predicted molar refractivity (Wildman–Crippen MR) is 74.1 cm³/mol. The fraction of sp³-hybridized carbons (Fsp3) is 0.462. The second kappa shape index (κ2) is 7.37. The van der Waals surface area contributed by atoms with Crippen LogP contribution in [0, 0.1) is 0 Å². The average molecular weight is 301 g/mol. The fourth-order valence-corrected chi connectivity index (χ4v) is 3.05. The number of rotatable bonds is 8. The average Bonchev–Trinajstić information content (AvgIpc) is 2.43. The van der Waals surface area contributed by atoms with Crippen molar-refractivity contribution in [3.05, 3.63) is 29.8 Å². The van der Waals surface area contributed by atoms with Gasteiger partial charge < -0.3 is 9.84 Å². The molecule has 6 nitrogen and oxygen atoms in total. The van der Waals surface area contributed by atoms with Gasteiger partial charge in [-0.2, -0.15) is 4.31 Å². The van der Waals surface area contributed by atoms with E-state index in [-0.39, 0.29) is 18.0 Å². The SMILES string of the molecule is CCc1ccc(S(=O)(=O)N(CCOC)CC(=O)O)cc1. The molecule has 0 unspecified atom stereocenters. The fourth-order valence-electron chi connectivity index (χ4n) is 1.67. The van der Waals surface area contributed by atoms with E-state index in [0.717, 1.165) is 16.3 Å². The Morgan fingerprint density at radius 1 is 1.30 bits per heavy atom. The number of aryl methyl sites for hydroxylation is 1. The maximum absolute atomic E-state index is 12.4. The molecular formula is C13H19NO5S. The van der Waals surface area contributed by atoms with Crippen molar-refractivity contribution >= 4 is 16.0 Å². The number of hydrogen-bond acceptors (Lipinski definition) is 4. The van der Waals surface area contributed by atoms with Crippen molar-refractivity contribution in [1.82, 2.24) is 4.31 Å². The molecule has 0 atom stereocenters. The molecule has 0 aromatic heterocycles. The first kappa shape index (κ1) is 16.6. The standard InChI is InChI=1S/C13H19NO5S/c1-3-11-4-6-12(7-5-11)20(17,18)14(8-9-19-2)10-13(15)16/h4-7H,3,8-10H2,1-2H3,(H,15,16). The minimum Gasteiger partial charge on any atom is -0.480 e. The quantitative estimate of drug-likeness (QED) is 0.773. The summed E-state index contributed by atoms with van der Waals surface area (Å²) in [6, 6.07) is 6.44. The van der Waals surface area contributed by atoms with Crippen LogP contribution >= 0.6 is 0 Å². The van der Waals surface area contributed by atoms with E-state index in [0.29, 0.717) is 0 Å². The zero-order valence-electron chi connectivity index (χ0n) is 11.6. The van der Waals surface area contributed by atoms with Crippen LogP contribution in [0.2, 0.25) is 0 Å². The van der Waals surface area contributed by atoms with Crippen LogP contribution < -0.4 is 0 Å². The highest BCUT2D eigenvalue weighted by Crippen LogP contribution is 2.16. The Morgan fingerprint density at radius 3 is 2.35 bits per heavy atom. The first-order valence-electron chi connectivity index (χ1n) is 6.21. The van der Waals surface area contributed by atoms with Gasteiger partial charge in [0.1, 0.15) is 6.54 Å². The van der Waals surface area contributed by atoms with Gasteiger partial charge in [0.25, 0.3) is 0 Å². The third-order valence-corrected chi connectivity index (χ3v) is 4.69. The molecule has 0 radical (unpaired) electrons. The molecule has 112 valence electrons. The van der Waals surface area contributed by atoms with E-state index in [9.17, 15) is 13.2 Å². The maximum Gasteiger partial charge on any atom is 0.318 e. The zero-order chi connectivity index (χ0) is 15.2. The second-order valence-corrected chi connectivity index (χ2v) is 6.16. The summed E-state index contributed by atoms with van der Waals surface area (Å²) in [5, 5.41) is 8.83. The van der Waals surface area contributed by atoms with Crippen molar-refractivity contribution in [3.8, 4) is 0 Å². The van der Waals surface area contributed by atoms with Gasteiger partial charge in [-0.3, -0.25) is 4.79 Å². The minimum atomic E-state index is -3.82. The first-order chi connectivity index (χ1) is 9.41. The van der Waals surface area contributed by atoms with Gasteiger partial charge in [-0.1, -0.05) is 19.1 Å². The Hall–Kier alpha value is -1.44. The third-order valence-electron chi connectivity index (χ3n) is 2.83. The van der Waals surface area contributed by atoms with Gasteiger partial charge in [0.15, 0.2) is 0 Å². The van der Waals surface area contributed by atoms with Crippen LogP contribution in [0.25, 0.3) is 0 Å². The minimum absolute atomic E-state index is 0.000657. The topological polar surface area (TPSA) is 83.9 Å². The number of aliphatic carboxylic acids is 1. The smallest absolute Gasteiger partial charge is 0.318 e. The molecule has 0 amide bonds. The summed E-state index contributed by atoms with van der Waals surface area (Å²) in [5.41, 5.74) is 1.02. The lowest BCUT2D eigenvalue weighted by molar-refractivity contribution is -0.137. The predicted octanol–water partition coefficient (Wildman–Crippen LogP) is 0.971. The molecule has 0 aliphatic carbocycles. The summed E-state index contributed by atoms with van der Waals surface area (Å²) in [7, 11) is -2.39. The maximum atomic E-state index is 12.4. The summed E-state index contributed by atoms with van der Waals surface area (Å²) in [5.74, 6) is -1.20. The van der Waals surface area contributed by atoms with Crippen molar-refractivity contribution in [1.29, 1.82) is 0 Å². The summed E-state index contributed by atoms with van der Waals surface area (Å²) in [4.78, 5) is 10.9. The molecule has 0 spiro atoms. The van der Waals surface area contributed by atoms with Gasteiger partial charge in [-0.05, 0) is 24.1 Å². The van der Waals surface area contributed by atoms with Gasteiger partial charge in [-0.25, -0.2) is 8.42 Å². The Balaban J connectivity index is 3.03. The number of carbonyl (C=O) groups is 1.